The van der Waals surface area contributed by atoms with E-state index in [0.717, 1.165) is 33.8 Å². The number of carbonyl (C=O) groups is 1. The van der Waals surface area contributed by atoms with Gasteiger partial charge in [-0.3, -0.25) is 14.3 Å². The van der Waals surface area contributed by atoms with Crippen LogP contribution in [0.4, 0.5) is 5.69 Å². The molecule has 134 valence electrons. The number of hydrogen-bond acceptors (Lipinski definition) is 4. The maximum Gasteiger partial charge on any atom is 0.265 e. The molecule has 0 saturated carbocycles. The number of halogens is 1. The van der Waals surface area contributed by atoms with Gasteiger partial charge in [0.05, 0.1) is 10.6 Å². The van der Waals surface area contributed by atoms with Crippen LogP contribution in [0.25, 0.3) is 10.8 Å². The van der Waals surface area contributed by atoms with Gasteiger partial charge < -0.3 is 0 Å². The van der Waals surface area contributed by atoms with Crippen LogP contribution in [0.15, 0.2) is 39.7 Å². The minimum absolute atomic E-state index is 0.275. The molecule has 0 saturated heterocycles. The van der Waals surface area contributed by atoms with Crippen molar-refractivity contribution < 1.29 is 18.4 Å². The van der Waals surface area contributed by atoms with Crippen molar-refractivity contribution in [3.05, 3.63) is 34.8 Å². The smallest absolute Gasteiger partial charge is 0.265 e. The standard InChI is InChI=1S/C17H19BrN2O4S/c18-13-9-10-14-17-12(13)6-5-7-15(17)25(23,24)20(14)11-4-2-1-3-8-16(21)19-22/h5-7,9-10,22H,1-4,8,11H2,(H,19,21). The van der Waals surface area contributed by atoms with Gasteiger partial charge in [-0.15, -0.1) is 0 Å². The number of amides is 1. The summed E-state index contributed by atoms with van der Waals surface area (Å²) in [6, 6.07) is 9.05. The summed E-state index contributed by atoms with van der Waals surface area (Å²) in [5.74, 6) is -0.394. The lowest BCUT2D eigenvalue weighted by atomic mass is 10.1. The molecule has 0 bridgehead atoms. The van der Waals surface area contributed by atoms with Gasteiger partial charge in [-0.25, -0.2) is 13.9 Å². The number of anilines is 1. The Morgan fingerprint density at radius 1 is 1.12 bits per heavy atom. The van der Waals surface area contributed by atoms with Crippen LogP contribution in [-0.2, 0) is 14.8 Å². The number of unbranched alkanes of at least 4 members (excludes halogenated alkanes) is 3. The van der Waals surface area contributed by atoms with Crippen LogP contribution >= 0.6 is 15.9 Å². The van der Waals surface area contributed by atoms with Crippen molar-refractivity contribution in [1.29, 1.82) is 0 Å². The van der Waals surface area contributed by atoms with Gasteiger partial charge >= 0.3 is 0 Å². The van der Waals surface area contributed by atoms with Gasteiger partial charge in [-0.1, -0.05) is 40.9 Å². The highest BCUT2D eigenvalue weighted by atomic mass is 79.9. The van der Waals surface area contributed by atoms with Crippen LogP contribution in [0.3, 0.4) is 0 Å². The number of nitrogens with zero attached hydrogens (tertiary/aromatic N) is 1. The number of hydroxylamine groups is 1. The van der Waals surface area contributed by atoms with E-state index in [4.69, 9.17) is 5.21 Å². The Kier molecular flexibility index (Phi) is 5.31. The molecule has 0 radical (unpaired) electrons. The highest BCUT2D eigenvalue weighted by molar-refractivity contribution is 9.10. The molecule has 0 fully saturated rings. The van der Waals surface area contributed by atoms with Crippen LogP contribution in [0, 0.1) is 0 Å². The summed E-state index contributed by atoms with van der Waals surface area (Å²) in [4.78, 5) is 11.3. The van der Waals surface area contributed by atoms with Crippen molar-refractivity contribution in [3.8, 4) is 0 Å². The molecule has 8 heteroatoms. The molecule has 3 rings (SSSR count). The number of rotatable bonds is 7. The van der Waals surface area contributed by atoms with Gasteiger partial charge in [-0.05, 0) is 36.4 Å². The molecular weight excluding hydrogens is 408 g/mol. The van der Waals surface area contributed by atoms with Gasteiger partial charge in [-0.2, -0.15) is 0 Å². The summed E-state index contributed by atoms with van der Waals surface area (Å²) in [5.41, 5.74) is 2.34. The van der Waals surface area contributed by atoms with Crippen molar-refractivity contribution >= 4 is 48.3 Å². The second-order valence-corrected chi connectivity index (χ2v) is 8.71. The molecule has 0 unspecified atom stereocenters. The molecular formula is C17H19BrN2O4S. The Morgan fingerprint density at radius 2 is 1.88 bits per heavy atom. The number of sulfonamides is 1. The fourth-order valence-electron chi connectivity index (χ4n) is 3.18. The zero-order valence-electron chi connectivity index (χ0n) is 13.5. The van der Waals surface area contributed by atoms with Crippen molar-refractivity contribution in [2.45, 2.75) is 37.0 Å². The fraction of sp³-hybridized carbons (Fsp3) is 0.353. The van der Waals surface area contributed by atoms with E-state index in [1.54, 1.807) is 17.6 Å². The Morgan fingerprint density at radius 3 is 2.64 bits per heavy atom. The van der Waals surface area contributed by atoms with Crippen LogP contribution in [0.5, 0.6) is 0 Å². The summed E-state index contributed by atoms with van der Waals surface area (Å²) >= 11 is 3.49. The quantitative estimate of drug-likeness (QED) is 0.402. The molecule has 0 aliphatic carbocycles. The van der Waals surface area contributed by atoms with Crippen molar-refractivity contribution in [2.75, 3.05) is 10.8 Å². The normalized spacial score (nSPS) is 14.9. The second kappa shape index (κ2) is 7.31. The number of carbonyl (C=O) groups excluding carboxylic acids is 1. The van der Waals surface area contributed by atoms with Crippen LogP contribution in [0.1, 0.15) is 32.1 Å². The maximum atomic E-state index is 12.9. The third-order valence-corrected chi connectivity index (χ3v) is 6.95. The van der Waals surface area contributed by atoms with Gasteiger partial charge in [0.15, 0.2) is 0 Å². The van der Waals surface area contributed by atoms with E-state index in [2.05, 4.69) is 15.9 Å². The molecule has 1 amide bonds. The lowest BCUT2D eigenvalue weighted by Gasteiger charge is -2.18. The molecule has 0 spiro atoms. The molecule has 0 atom stereocenters. The predicted molar refractivity (Wildman–Crippen MR) is 99.2 cm³/mol. The molecule has 1 heterocycles. The molecule has 2 aromatic carbocycles. The summed E-state index contributed by atoms with van der Waals surface area (Å²) in [5, 5.41) is 10.1. The van der Waals surface area contributed by atoms with Gasteiger partial charge in [0.2, 0.25) is 5.91 Å². The summed E-state index contributed by atoms with van der Waals surface area (Å²) < 4.78 is 28.1. The Bertz CT molecular complexity index is 914. The topological polar surface area (TPSA) is 86.7 Å². The number of benzene rings is 2. The van der Waals surface area contributed by atoms with E-state index in [1.165, 1.54) is 4.31 Å². The van der Waals surface area contributed by atoms with Crippen molar-refractivity contribution in [3.63, 3.8) is 0 Å². The van der Waals surface area contributed by atoms with Gasteiger partial charge in [0.25, 0.3) is 10.0 Å². The van der Waals surface area contributed by atoms with Crippen molar-refractivity contribution in [1.82, 2.24) is 5.48 Å². The number of nitrogens with one attached hydrogen (secondary N) is 1. The monoisotopic (exact) mass is 426 g/mol. The van der Waals surface area contributed by atoms with E-state index in [-0.39, 0.29) is 6.42 Å². The Labute approximate surface area is 155 Å². The molecule has 2 N–H and O–H groups in total. The van der Waals surface area contributed by atoms with E-state index < -0.39 is 15.9 Å². The average molecular weight is 427 g/mol. The highest BCUT2D eigenvalue weighted by Gasteiger charge is 2.35. The van der Waals surface area contributed by atoms with E-state index >= 15 is 0 Å². The van der Waals surface area contributed by atoms with Gasteiger partial charge in [0.1, 0.15) is 0 Å². The van der Waals surface area contributed by atoms with Crippen LogP contribution in [0.2, 0.25) is 0 Å². The summed E-state index contributed by atoms with van der Waals surface area (Å²) in [6.07, 6.45) is 3.29. The van der Waals surface area contributed by atoms with E-state index in [0.29, 0.717) is 24.3 Å². The SMILES string of the molecule is O=C(CCCCCCN1c2ccc(Br)c3cccc(c23)S1(=O)=O)NO. The first-order valence-electron chi connectivity index (χ1n) is 8.13. The fourth-order valence-corrected chi connectivity index (χ4v) is 5.39. The minimum Gasteiger partial charge on any atom is -0.289 e. The first kappa shape index (κ1) is 18.2. The predicted octanol–water partition coefficient (Wildman–Crippen LogP) is 3.57. The largest absolute Gasteiger partial charge is 0.289 e. The Hall–Kier alpha value is -1.64. The zero-order chi connectivity index (χ0) is 18.0. The minimum atomic E-state index is -3.51. The van der Waals surface area contributed by atoms with E-state index in [9.17, 15) is 13.2 Å². The Balaban J connectivity index is 1.70. The third-order valence-electron chi connectivity index (χ3n) is 4.40. The van der Waals surface area contributed by atoms with Crippen LogP contribution < -0.4 is 9.79 Å². The molecule has 2 aromatic rings. The zero-order valence-corrected chi connectivity index (χ0v) is 15.9. The molecule has 0 aromatic heterocycles. The molecule has 1 aliphatic heterocycles. The molecule has 6 nitrogen and oxygen atoms in total. The average Bonchev–Trinajstić information content (AvgIpc) is 2.82. The lowest BCUT2D eigenvalue weighted by molar-refractivity contribution is -0.129. The summed E-state index contributed by atoms with van der Waals surface area (Å²) in [7, 11) is -3.51. The van der Waals surface area contributed by atoms with Crippen LogP contribution in [-0.4, -0.2) is 26.1 Å². The lowest BCUT2D eigenvalue weighted by Crippen LogP contribution is -2.28. The maximum absolute atomic E-state index is 12.9. The third kappa shape index (κ3) is 3.38. The highest BCUT2D eigenvalue weighted by Crippen LogP contribution is 2.44. The molecule has 25 heavy (non-hydrogen) atoms. The van der Waals surface area contributed by atoms with Crippen molar-refractivity contribution in [2.24, 2.45) is 0 Å². The van der Waals surface area contributed by atoms with E-state index in [1.807, 2.05) is 18.2 Å². The second-order valence-electron chi connectivity index (χ2n) is 6.02. The first-order chi connectivity index (χ1) is 12.0. The molecule has 1 aliphatic rings. The number of hydrogen-bond donors (Lipinski definition) is 2. The first-order valence-corrected chi connectivity index (χ1v) is 10.4. The van der Waals surface area contributed by atoms with Gasteiger partial charge in [0, 0.05) is 22.8 Å². The summed E-state index contributed by atoms with van der Waals surface area (Å²) in [6.45, 7) is 0.417.